The molecule has 1 aromatic carbocycles. The summed E-state index contributed by atoms with van der Waals surface area (Å²) in [6.45, 7) is 2.67. The Morgan fingerprint density at radius 3 is 3.21 bits per heavy atom. The SMILES string of the molecule is O=C(CCN1CCC(C=Cc2cnc[nH]2)C1)Nc1cccc(F)c1. The molecule has 0 bridgehead atoms. The van der Waals surface area contributed by atoms with Gasteiger partial charge in [-0.3, -0.25) is 4.79 Å². The lowest BCUT2D eigenvalue weighted by Gasteiger charge is -2.14. The van der Waals surface area contributed by atoms with Crippen molar-refractivity contribution in [3.05, 3.63) is 54.4 Å². The molecule has 1 fully saturated rings. The van der Waals surface area contributed by atoms with Crippen molar-refractivity contribution in [1.82, 2.24) is 14.9 Å². The molecule has 1 aliphatic rings. The van der Waals surface area contributed by atoms with Crippen LogP contribution in [0.25, 0.3) is 6.08 Å². The summed E-state index contributed by atoms with van der Waals surface area (Å²) in [5.74, 6) is 0.0656. The van der Waals surface area contributed by atoms with Crippen molar-refractivity contribution in [2.24, 2.45) is 5.92 Å². The molecule has 0 saturated carbocycles. The highest BCUT2D eigenvalue weighted by Crippen LogP contribution is 2.18. The highest BCUT2D eigenvalue weighted by molar-refractivity contribution is 5.90. The summed E-state index contributed by atoms with van der Waals surface area (Å²) in [5.41, 5.74) is 1.50. The van der Waals surface area contributed by atoms with Crippen molar-refractivity contribution in [3.8, 4) is 0 Å². The van der Waals surface area contributed by atoms with Gasteiger partial charge in [0.05, 0.1) is 18.2 Å². The predicted octanol–water partition coefficient (Wildman–Crippen LogP) is 2.91. The Morgan fingerprint density at radius 1 is 1.50 bits per heavy atom. The number of amides is 1. The number of hydrogen-bond donors (Lipinski definition) is 2. The molecule has 1 amide bonds. The molecule has 2 N–H and O–H groups in total. The zero-order valence-electron chi connectivity index (χ0n) is 13.4. The Morgan fingerprint density at radius 2 is 2.42 bits per heavy atom. The molecule has 3 rings (SSSR count). The van der Waals surface area contributed by atoms with Gasteiger partial charge in [0, 0.05) is 25.2 Å². The number of aromatic amines is 1. The quantitative estimate of drug-likeness (QED) is 0.857. The Balaban J connectivity index is 1.40. The van der Waals surface area contributed by atoms with E-state index in [1.807, 2.05) is 0 Å². The lowest BCUT2D eigenvalue weighted by Crippen LogP contribution is -2.25. The van der Waals surface area contributed by atoms with Gasteiger partial charge in [-0.15, -0.1) is 0 Å². The summed E-state index contributed by atoms with van der Waals surface area (Å²) in [7, 11) is 0. The number of nitrogens with zero attached hydrogens (tertiary/aromatic N) is 2. The van der Waals surface area contributed by atoms with Crippen molar-refractivity contribution in [2.75, 3.05) is 25.0 Å². The average molecular weight is 328 g/mol. The van der Waals surface area contributed by atoms with Gasteiger partial charge in [-0.2, -0.15) is 0 Å². The van der Waals surface area contributed by atoms with Gasteiger partial charge < -0.3 is 15.2 Å². The predicted molar refractivity (Wildman–Crippen MR) is 91.8 cm³/mol. The molecule has 0 spiro atoms. The molecule has 126 valence electrons. The van der Waals surface area contributed by atoms with Crippen LogP contribution in [0.3, 0.4) is 0 Å². The molecule has 5 nitrogen and oxygen atoms in total. The van der Waals surface area contributed by atoms with Crippen LogP contribution in [-0.4, -0.2) is 40.4 Å². The molecule has 6 heteroatoms. The number of carbonyl (C=O) groups is 1. The Kier molecular flexibility index (Phi) is 5.38. The van der Waals surface area contributed by atoms with E-state index in [0.29, 0.717) is 18.0 Å². The zero-order valence-corrected chi connectivity index (χ0v) is 13.4. The number of carbonyl (C=O) groups excluding carboxylic acids is 1. The summed E-state index contributed by atoms with van der Waals surface area (Å²) in [5, 5.41) is 2.73. The van der Waals surface area contributed by atoms with Crippen molar-refractivity contribution in [3.63, 3.8) is 0 Å². The van der Waals surface area contributed by atoms with Gasteiger partial charge in [-0.25, -0.2) is 9.37 Å². The first-order chi connectivity index (χ1) is 11.7. The van der Waals surface area contributed by atoms with Gasteiger partial charge in [0.2, 0.25) is 5.91 Å². The Labute approximate surface area is 140 Å². The molecule has 2 heterocycles. The number of H-pyrrole nitrogens is 1. The normalized spacial score (nSPS) is 18.3. The second kappa shape index (κ2) is 7.88. The number of nitrogens with one attached hydrogen (secondary N) is 2. The third kappa shape index (κ3) is 4.76. The maximum Gasteiger partial charge on any atom is 0.225 e. The highest BCUT2D eigenvalue weighted by Gasteiger charge is 2.20. The van der Waals surface area contributed by atoms with E-state index in [4.69, 9.17) is 0 Å². The van der Waals surface area contributed by atoms with E-state index in [2.05, 4.69) is 32.3 Å². The van der Waals surface area contributed by atoms with Crippen LogP contribution in [0.4, 0.5) is 10.1 Å². The van der Waals surface area contributed by atoms with Crippen LogP contribution in [0.15, 0.2) is 42.9 Å². The van der Waals surface area contributed by atoms with Crippen molar-refractivity contribution < 1.29 is 9.18 Å². The molecule has 1 aromatic heterocycles. The van der Waals surface area contributed by atoms with E-state index >= 15 is 0 Å². The maximum atomic E-state index is 13.1. The standard InChI is InChI=1S/C18H21FN4O/c19-15-2-1-3-16(10-15)22-18(24)7-9-23-8-6-14(12-23)4-5-17-11-20-13-21-17/h1-5,10-11,13-14H,6-9,12H2,(H,20,21)(H,22,24). The fourth-order valence-electron chi connectivity index (χ4n) is 2.87. The van der Waals surface area contributed by atoms with Gasteiger partial charge in [0.15, 0.2) is 0 Å². The third-order valence-electron chi connectivity index (χ3n) is 4.14. The van der Waals surface area contributed by atoms with Crippen LogP contribution in [0.5, 0.6) is 0 Å². The summed E-state index contributed by atoms with van der Waals surface area (Å²) in [4.78, 5) is 21.3. The fraction of sp³-hybridized carbons (Fsp3) is 0.333. The topological polar surface area (TPSA) is 61.0 Å². The third-order valence-corrected chi connectivity index (χ3v) is 4.14. The van der Waals surface area contributed by atoms with Crippen molar-refractivity contribution in [2.45, 2.75) is 12.8 Å². The van der Waals surface area contributed by atoms with Gasteiger partial charge in [0.25, 0.3) is 0 Å². The summed E-state index contributed by atoms with van der Waals surface area (Å²) < 4.78 is 13.1. The van der Waals surface area contributed by atoms with Crippen molar-refractivity contribution >= 4 is 17.7 Å². The summed E-state index contributed by atoms with van der Waals surface area (Å²) in [6, 6.07) is 5.95. The van der Waals surface area contributed by atoms with Gasteiger partial charge >= 0.3 is 0 Å². The second-order valence-electron chi connectivity index (χ2n) is 6.02. The van der Waals surface area contributed by atoms with Gasteiger partial charge in [-0.1, -0.05) is 12.1 Å². The van der Waals surface area contributed by atoms with Crippen LogP contribution in [0, 0.1) is 11.7 Å². The molecular formula is C18H21FN4O. The molecule has 24 heavy (non-hydrogen) atoms. The first-order valence-electron chi connectivity index (χ1n) is 8.13. The monoisotopic (exact) mass is 328 g/mol. The van der Waals surface area contributed by atoms with E-state index in [1.54, 1.807) is 24.7 Å². The molecular weight excluding hydrogens is 307 g/mol. The molecule has 0 aliphatic carbocycles. The minimum Gasteiger partial charge on any atom is -0.345 e. The molecule has 0 radical (unpaired) electrons. The largest absolute Gasteiger partial charge is 0.345 e. The van der Waals surface area contributed by atoms with Crippen LogP contribution in [0.2, 0.25) is 0 Å². The van der Waals surface area contributed by atoms with E-state index in [-0.39, 0.29) is 11.7 Å². The van der Waals surface area contributed by atoms with Crippen molar-refractivity contribution in [1.29, 1.82) is 0 Å². The fourth-order valence-corrected chi connectivity index (χ4v) is 2.87. The van der Waals surface area contributed by atoms with E-state index in [1.165, 1.54) is 12.1 Å². The first-order valence-corrected chi connectivity index (χ1v) is 8.13. The number of halogens is 1. The lowest BCUT2D eigenvalue weighted by atomic mass is 10.1. The number of hydrogen-bond acceptors (Lipinski definition) is 3. The number of imidazole rings is 1. The van der Waals surface area contributed by atoms with E-state index < -0.39 is 0 Å². The smallest absolute Gasteiger partial charge is 0.225 e. The van der Waals surface area contributed by atoms with Gasteiger partial charge in [-0.05, 0) is 43.2 Å². The minimum absolute atomic E-state index is 0.0861. The zero-order chi connectivity index (χ0) is 16.8. The number of benzene rings is 1. The second-order valence-corrected chi connectivity index (χ2v) is 6.02. The van der Waals surface area contributed by atoms with E-state index in [0.717, 1.165) is 31.7 Å². The van der Waals surface area contributed by atoms with E-state index in [9.17, 15) is 9.18 Å². The first kappa shape index (κ1) is 16.4. The van der Waals surface area contributed by atoms with Gasteiger partial charge in [0.1, 0.15) is 5.82 Å². The Hall–Kier alpha value is -2.47. The van der Waals surface area contributed by atoms with Crippen LogP contribution >= 0.6 is 0 Å². The van der Waals surface area contributed by atoms with Crippen LogP contribution < -0.4 is 5.32 Å². The number of aromatic nitrogens is 2. The molecule has 1 unspecified atom stereocenters. The molecule has 1 saturated heterocycles. The minimum atomic E-state index is -0.348. The van der Waals surface area contributed by atoms with Crippen LogP contribution in [-0.2, 0) is 4.79 Å². The number of anilines is 1. The highest BCUT2D eigenvalue weighted by atomic mass is 19.1. The lowest BCUT2D eigenvalue weighted by molar-refractivity contribution is -0.116. The number of rotatable bonds is 6. The maximum absolute atomic E-state index is 13.1. The summed E-state index contributed by atoms with van der Waals surface area (Å²) in [6.07, 6.45) is 9.21. The number of likely N-dealkylation sites (tertiary alicyclic amines) is 1. The summed E-state index contributed by atoms with van der Waals surface area (Å²) >= 11 is 0. The molecule has 1 atom stereocenters. The molecule has 2 aromatic rings. The van der Waals surface area contributed by atoms with Crippen LogP contribution in [0.1, 0.15) is 18.5 Å². The average Bonchev–Trinajstić information content (AvgIpc) is 3.23. The molecule has 1 aliphatic heterocycles. The Bertz CT molecular complexity index is 699.